The molecule has 4 heterocycles. The van der Waals surface area contributed by atoms with Crippen molar-refractivity contribution in [2.75, 3.05) is 26.2 Å². The number of nitrogens with one attached hydrogen (secondary N) is 1. The van der Waals surface area contributed by atoms with Gasteiger partial charge in [-0.3, -0.25) is 29.5 Å². The Kier molecular flexibility index (Phi) is 7.35. The van der Waals surface area contributed by atoms with Gasteiger partial charge in [0.1, 0.15) is 11.9 Å². The number of carbonyl (C=O) groups excluding carboxylic acids is 3. The van der Waals surface area contributed by atoms with E-state index in [0.717, 1.165) is 51.0 Å². The normalized spacial score (nSPS) is 22.4. The van der Waals surface area contributed by atoms with Gasteiger partial charge in [0.25, 0.3) is 5.91 Å². The van der Waals surface area contributed by atoms with Crippen molar-refractivity contribution in [2.45, 2.75) is 57.3 Å². The van der Waals surface area contributed by atoms with Crippen molar-refractivity contribution < 1.29 is 18.8 Å². The van der Waals surface area contributed by atoms with Gasteiger partial charge in [-0.1, -0.05) is 60.7 Å². The zero-order chi connectivity index (χ0) is 29.6. The second-order valence-electron chi connectivity index (χ2n) is 12.7. The van der Waals surface area contributed by atoms with Crippen LogP contribution in [0.15, 0.2) is 72.8 Å². The second kappa shape index (κ2) is 11.3. The fourth-order valence-corrected chi connectivity index (χ4v) is 7.71. The maximum atomic E-state index is 15.3. The van der Waals surface area contributed by atoms with Crippen LogP contribution in [0, 0.1) is 11.2 Å². The molecule has 3 saturated heterocycles. The lowest BCUT2D eigenvalue weighted by Crippen LogP contribution is -2.52. The number of hydrogen-bond acceptors (Lipinski definition) is 5. The molecular formula is C35H37FN4O3. The summed E-state index contributed by atoms with van der Waals surface area (Å²) in [6, 6.07) is 24.2. The van der Waals surface area contributed by atoms with Gasteiger partial charge in [0, 0.05) is 37.2 Å². The molecule has 43 heavy (non-hydrogen) atoms. The standard InChI is InChI=1S/C35H37FN4O3/c36-29-20-28-26(22-40(34(28)43)30-11-12-31(41)37-33(30)42)19-27(29)21-38-16-13-35(23-38)14-17-39(18-15-35)32(24-7-3-1-4-8-24)25-9-5-2-6-10-25/h1-10,19-20,30,32H,11-18,21-23H2,(H,37,41,42). The summed E-state index contributed by atoms with van der Waals surface area (Å²) >= 11 is 0. The molecular weight excluding hydrogens is 543 g/mol. The van der Waals surface area contributed by atoms with E-state index in [-0.39, 0.29) is 42.1 Å². The number of piperidine rings is 2. The first-order valence-electron chi connectivity index (χ1n) is 15.4. The van der Waals surface area contributed by atoms with Crippen LogP contribution in [0.5, 0.6) is 0 Å². The number of nitrogens with zero attached hydrogens (tertiary/aromatic N) is 3. The average Bonchev–Trinajstić information content (AvgIpc) is 3.55. The molecule has 3 fully saturated rings. The Hall–Kier alpha value is -3.88. The highest BCUT2D eigenvalue weighted by Gasteiger charge is 2.43. The SMILES string of the molecule is O=C1CCC(N2Cc3cc(CN4CCC5(CCN(C(c6ccccc6)c6ccccc6)CC5)C4)c(F)cc3C2=O)C(=O)N1. The van der Waals surface area contributed by atoms with Gasteiger partial charge < -0.3 is 4.90 Å². The van der Waals surface area contributed by atoms with Crippen LogP contribution in [0.3, 0.4) is 0 Å². The molecule has 0 radical (unpaired) electrons. The number of halogens is 1. The number of carbonyl (C=O) groups is 3. The average molecular weight is 581 g/mol. The van der Waals surface area contributed by atoms with Crippen molar-refractivity contribution in [1.82, 2.24) is 20.0 Å². The Morgan fingerprint density at radius 2 is 1.53 bits per heavy atom. The topological polar surface area (TPSA) is 73.0 Å². The third-order valence-electron chi connectivity index (χ3n) is 10.1. The third kappa shape index (κ3) is 5.38. The molecule has 1 N–H and O–H groups in total. The summed E-state index contributed by atoms with van der Waals surface area (Å²) in [5.41, 5.74) is 4.54. The number of imide groups is 1. The van der Waals surface area contributed by atoms with E-state index in [1.165, 1.54) is 22.1 Å². The van der Waals surface area contributed by atoms with Crippen molar-refractivity contribution in [3.8, 4) is 0 Å². The quantitative estimate of drug-likeness (QED) is 0.430. The molecule has 0 aromatic heterocycles. The first-order valence-corrected chi connectivity index (χ1v) is 15.4. The molecule has 0 aliphatic carbocycles. The number of likely N-dealkylation sites (tertiary alicyclic amines) is 2. The Labute approximate surface area is 251 Å². The molecule has 7 rings (SSSR count). The molecule has 4 aliphatic rings. The Morgan fingerprint density at radius 3 is 2.19 bits per heavy atom. The lowest BCUT2D eigenvalue weighted by molar-refractivity contribution is -0.136. The highest BCUT2D eigenvalue weighted by Crippen LogP contribution is 2.44. The van der Waals surface area contributed by atoms with E-state index in [2.05, 4.69) is 75.8 Å². The molecule has 8 heteroatoms. The summed E-state index contributed by atoms with van der Waals surface area (Å²) in [7, 11) is 0. The zero-order valence-corrected chi connectivity index (χ0v) is 24.3. The first kappa shape index (κ1) is 27.9. The molecule has 222 valence electrons. The molecule has 3 amide bonds. The fraction of sp³-hybridized carbons (Fsp3) is 0.400. The van der Waals surface area contributed by atoms with Crippen LogP contribution in [0.25, 0.3) is 0 Å². The lowest BCUT2D eigenvalue weighted by atomic mass is 9.77. The van der Waals surface area contributed by atoms with Crippen LogP contribution in [-0.2, 0) is 22.7 Å². The third-order valence-corrected chi connectivity index (χ3v) is 10.1. The summed E-state index contributed by atoms with van der Waals surface area (Å²) in [5, 5.41) is 2.32. The van der Waals surface area contributed by atoms with E-state index in [4.69, 9.17) is 0 Å². The fourth-order valence-electron chi connectivity index (χ4n) is 7.71. The largest absolute Gasteiger partial charge is 0.322 e. The summed E-state index contributed by atoms with van der Waals surface area (Å²) in [4.78, 5) is 43.5. The lowest BCUT2D eigenvalue weighted by Gasteiger charge is -2.43. The minimum atomic E-state index is -0.697. The Morgan fingerprint density at radius 1 is 0.884 bits per heavy atom. The van der Waals surface area contributed by atoms with E-state index >= 15 is 4.39 Å². The highest BCUT2D eigenvalue weighted by atomic mass is 19.1. The molecule has 3 aromatic carbocycles. The molecule has 0 saturated carbocycles. The summed E-state index contributed by atoms with van der Waals surface area (Å²) in [6.07, 6.45) is 3.83. The first-order chi connectivity index (χ1) is 20.9. The Balaban J connectivity index is 1.01. The summed E-state index contributed by atoms with van der Waals surface area (Å²) in [5.74, 6) is -1.49. The van der Waals surface area contributed by atoms with Crippen molar-refractivity contribution in [3.63, 3.8) is 0 Å². The monoisotopic (exact) mass is 580 g/mol. The molecule has 1 spiro atoms. The Bertz CT molecular complexity index is 1500. The number of hydrogen-bond donors (Lipinski definition) is 1. The van der Waals surface area contributed by atoms with E-state index in [1.54, 1.807) is 0 Å². The van der Waals surface area contributed by atoms with Crippen LogP contribution in [0.4, 0.5) is 4.39 Å². The van der Waals surface area contributed by atoms with E-state index in [1.807, 2.05) is 6.07 Å². The van der Waals surface area contributed by atoms with E-state index < -0.39 is 11.9 Å². The molecule has 4 aliphatic heterocycles. The van der Waals surface area contributed by atoms with Crippen LogP contribution >= 0.6 is 0 Å². The molecule has 7 nitrogen and oxygen atoms in total. The van der Waals surface area contributed by atoms with Gasteiger partial charge in [-0.05, 0) is 79.6 Å². The van der Waals surface area contributed by atoms with Gasteiger partial charge >= 0.3 is 0 Å². The van der Waals surface area contributed by atoms with Crippen molar-refractivity contribution in [3.05, 3.63) is 106 Å². The van der Waals surface area contributed by atoms with Gasteiger partial charge in [0.05, 0.1) is 6.04 Å². The second-order valence-corrected chi connectivity index (χ2v) is 12.7. The van der Waals surface area contributed by atoms with Gasteiger partial charge in [-0.25, -0.2) is 4.39 Å². The summed E-state index contributed by atoms with van der Waals surface area (Å²) < 4.78 is 15.3. The maximum absolute atomic E-state index is 15.3. The minimum Gasteiger partial charge on any atom is -0.322 e. The number of rotatable bonds is 6. The van der Waals surface area contributed by atoms with Gasteiger partial charge in [0.15, 0.2) is 0 Å². The maximum Gasteiger partial charge on any atom is 0.255 e. The van der Waals surface area contributed by atoms with Crippen molar-refractivity contribution >= 4 is 17.7 Å². The van der Waals surface area contributed by atoms with E-state index in [0.29, 0.717) is 24.1 Å². The number of fused-ring (bicyclic) bond motifs is 1. The minimum absolute atomic E-state index is 0.198. The van der Waals surface area contributed by atoms with Crippen LogP contribution < -0.4 is 5.32 Å². The van der Waals surface area contributed by atoms with Crippen LogP contribution in [0.1, 0.15) is 70.8 Å². The summed E-state index contributed by atoms with van der Waals surface area (Å²) in [6.45, 7) is 4.69. The zero-order valence-electron chi connectivity index (χ0n) is 24.3. The number of benzene rings is 3. The molecule has 1 atom stereocenters. The van der Waals surface area contributed by atoms with Gasteiger partial charge in [-0.2, -0.15) is 0 Å². The van der Waals surface area contributed by atoms with Crippen LogP contribution in [0.2, 0.25) is 0 Å². The van der Waals surface area contributed by atoms with Gasteiger partial charge in [-0.15, -0.1) is 0 Å². The smallest absolute Gasteiger partial charge is 0.255 e. The van der Waals surface area contributed by atoms with Crippen molar-refractivity contribution in [1.29, 1.82) is 0 Å². The number of amides is 3. The molecule has 3 aromatic rings. The van der Waals surface area contributed by atoms with E-state index in [9.17, 15) is 14.4 Å². The predicted molar refractivity (Wildman–Crippen MR) is 160 cm³/mol. The van der Waals surface area contributed by atoms with Gasteiger partial charge in [0.2, 0.25) is 11.8 Å². The predicted octanol–water partition coefficient (Wildman–Crippen LogP) is 4.66. The van der Waals surface area contributed by atoms with Crippen LogP contribution in [-0.4, -0.2) is 64.6 Å². The molecule has 1 unspecified atom stereocenters. The highest BCUT2D eigenvalue weighted by molar-refractivity contribution is 6.05. The molecule has 0 bridgehead atoms. The van der Waals surface area contributed by atoms with Crippen molar-refractivity contribution in [2.24, 2.45) is 5.41 Å².